The summed E-state index contributed by atoms with van der Waals surface area (Å²) in [7, 11) is -3.85. The van der Waals surface area contributed by atoms with Gasteiger partial charge in [0.25, 0.3) is 10.1 Å². The Kier molecular flexibility index (Phi) is 11.4. The van der Waals surface area contributed by atoms with Gasteiger partial charge < -0.3 is 4.74 Å². The minimum absolute atomic E-state index is 0. The molecule has 0 unspecified atom stereocenters. The molecule has 0 atom stereocenters. The van der Waals surface area contributed by atoms with Crippen molar-refractivity contribution < 1.29 is 22.5 Å². The van der Waals surface area contributed by atoms with Gasteiger partial charge in [-0.15, -0.1) is 0 Å². The second-order valence-corrected chi connectivity index (χ2v) is 4.47. The van der Waals surface area contributed by atoms with Gasteiger partial charge in [-0.3, -0.25) is 9.35 Å². The number of unbranched alkanes of at least 4 members (excludes halogenated alkanes) is 2. The number of carbonyl (C=O) groups is 1. The number of carbonyl (C=O) groups excluding carboxylic acids is 1. The maximum absolute atomic E-state index is 10.8. The Morgan fingerprint density at radius 1 is 1.27 bits per heavy atom. The van der Waals surface area contributed by atoms with Crippen LogP contribution >= 0.6 is 0 Å². The molecule has 15 heavy (non-hydrogen) atoms. The molecule has 0 aliphatic rings. The predicted octanol–water partition coefficient (Wildman–Crippen LogP) is 0.349. The summed E-state index contributed by atoms with van der Waals surface area (Å²) in [6, 6.07) is 0. The fraction of sp³-hybridized carbons (Fsp3) is 0.875. The van der Waals surface area contributed by atoms with Crippen LogP contribution in [-0.2, 0) is 19.6 Å². The van der Waals surface area contributed by atoms with Gasteiger partial charge in [0.15, 0.2) is 0 Å². The first kappa shape index (κ1) is 17.8. The maximum atomic E-state index is 10.8. The Morgan fingerprint density at radius 3 is 2.33 bits per heavy atom. The van der Waals surface area contributed by atoms with Gasteiger partial charge in [-0.25, -0.2) is 0 Å². The fourth-order valence-electron chi connectivity index (χ4n) is 0.964. The average molecular weight is 248 g/mol. The summed E-state index contributed by atoms with van der Waals surface area (Å²) >= 11 is 0. The van der Waals surface area contributed by atoms with Crippen molar-refractivity contribution >= 4 is 45.6 Å². The van der Waals surface area contributed by atoms with Crippen molar-refractivity contribution in [2.45, 2.75) is 32.6 Å². The summed E-state index contributed by atoms with van der Waals surface area (Å²) in [5.41, 5.74) is 0. The predicted molar refractivity (Wildman–Crippen MR) is 58.7 cm³/mol. The van der Waals surface area contributed by atoms with Crippen molar-refractivity contribution in [1.82, 2.24) is 0 Å². The van der Waals surface area contributed by atoms with Gasteiger partial charge in [-0.2, -0.15) is 8.42 Å². The first-order valence-electron chi connectivity index (χ1n) is 4.56. The van der Waals surface area contributed by atoms with E-state index in [9.17, 15) is 13.2 Å². The van der Waals surface area contributed by atoms with Crippen LogP contribution in [0.5, 0.6) is 0 Å². The van der Waals surface area contributed by atoms with Crippen LogP contribution in [0.1, 0.15) is 32.6 Å². The van der Waals surface area contributed by atoms with E-state index in [-0.39, 0.29) is 41.3 Å². The van der Waals surface area contributed by atoms with Crippen molar-refractivity contribution in [2.24, 2.45) is 0 Å². The molecule has 0 amide bonds. The standard InChI is InChI=1S/C8H16O5S.Na.H/c1-2-13-8(9)6-4-3-5-7-14(10,11)12;;/h2-7H2,1H3,(H,10,11,12);;. The number of esters is 1. The Morgan fingerprint density at radius 2 is 1.87 bits per heavy atom. The molecule has 0 fully saturated rings. The molecular weight excluding hydrogens is 231 g/mol. The Labute approximate surface area is 113 Å². The van der Waals surface area contributed by atoms with Crippen molar-refractivity contribution in [3.8, 4) is 0 Å². The molecule has 0 aromatic carbocycles. The molecule has 0 spiro atoms. The Balaban J connectivity index is 0. The molecule has 0 bridgehead atoms. The molecule has 0 aliphatic carbocycles. The number of rotatable bonds is 7. The zero-order chi connectivity index (χ0) is 11.0. The third kappa shape index (κ3) is 14.4. The summed E-state index contributed by atoms with van der Waals surface area (Å²) in [5, 5.41) is 0. The third-order valence-electron chi connectivity index (χ3n) is 1.59. The van der Waals surface area contributed by atoms with Crippen LogP contribution in [0, 0.1) is 0 Å². The second-order valence-electron chi connectivity index (χ2n) is 2.90. The van der Waals surface area contributed by atoms with Gasteiger partial charge in [0.1, 0.15) is 0 Å². The molecule has 0 saturated carbocycles. The summed E-state index contributed by atoms with van der Waals surface area (Å²) in [6.45, 7) is 2.10. The van der Waals surface area contributed by atoms with Crippen LogP contribution in [-0.4, -0.2) is 60.9 Å². The van der Waals surface area contributed by atoms with Crippen molar-refractivity contribution in [3.63, 3.8) is 0 Å². The molecule has 0 radical (unpaired) electrons. The molecule has 7 heteroatoms. The van der Waals surface area contributed by atoms with Crippen LogP contribution < -0.4 is 0 Å². The number of hydrogen-bond donors (Lipinski definition) is 1. The molecule has 0 aromatic heterocycles. The quantitative estimate of drug-likeness (QED) is 0.304. The fourth-order valence-corrected chi connectivity index (χ4v) is 1.53. The number of ether oxygens (including phenoxy) is 1. The molecule has 0 rings (SSSR count). The monoisotopic (exact) mass is 248 g/mol. The minimum atomic E-state index is -3.85. The van der Waals surface area contributed by atoms with Crippen LogP contribution in [0.3, 0.4) is 0 Å². The van der Waals surface area contributed by atoms with E-state index in [0.29, 0.717) is 32.3 Å². The first-order chi connectivity index (χ1) is 6.45. The zero-order valence-electron chi connectivity index (χ0n) is 8.23. The Hall–Kier alpha value is 0.380. The van der Waals surface area contributed by atoms with E-state index in [1.54, 1.807) is 6.92 Å². The first-order valence-corrected chi connectivity index (χ1v) is 6.17. The van der Waals surface area contributed by atoms with Gasteiger partial charge in [-0.05, 0) is 19.8 Å². The average Bonchev–Trinajstić information content (AvgIpc) is 2.02. The molecule has 0 saturated heterocycles. The van der Waals surface area contributed by atoms with E-state index >= 15 is 0 Å². The molecule has 5 nitrogen and oxygen atoms in total. The van der Waals surface area contributed by atoms with E-state index in [0.717, 1.165) is 0 Å². The molecular formula is C8H17NaO5S. The SMILES string of the molecule is CCOC(=O)CCCCCS(=O)(=O)O.[NaH]. The van der Waals surface area contributed by atoms with Crippen LogP contribution in [0.15, 0.2) is 0 Å². The summed E-state index contributed by atoms with van der Waals surface area (Å²) in [6.07, 6.45) is 1.87. The Bertz CT molecular complexity index is 262. The molecule has 0 aliphatic heterocycles. The summed E-state index contributed by atoms with van der Waals surface area (Å²) < 4.78 is 33.7. The van der Waals surface area contributed by atoms with E-state index in [4.69, 9.17) is 4.55 Å². The van der Waals surface area contributed by atoms with Crippen molar-refractivity contribution in [2.75, 3.05) is 12.4 Å². The van der Waals surface area contributed by atoms with Gasteiger partial charge >= 0.3 is 35.5 Å². The van der Waals surface area contributed by atoms with Crippen LogP contribution in [0.4, 0.5) is 0 Å². The van der Waals surface area contributed by atoms with E-state index in [1.807, 2.05) is 0 Å². The molecule has 86 valence electrons. The van der Waals surface area contributed by atoms with Gasteiger partial charge in [0, 0.05) is 6.42 Å². The summed E-state index contributed by atoms with van der Waals surface area (Å²) in [4.78, 5) is 10.8. The van der Waals surface area contributed by atoms with Gasteiger partial charge in [0.05, 0.1) is 12.4 Å². The third-order valence-corrected chi connectivity index (χ3v) is 2.39. The van der Waals surface area contributed by atoms with Crippen LogP contribution in [0.2, 0.25) is 0 Å². The van der Waals surface area contributed by atoms with Crippen molar-refractivity contribution in [1.29, 1.82) is 0 Å². The molecule has 0 aromatic rings. The summed E-state index contributed by atoms with van der Waals surface area (Å²) in [5.74, 6) is -0.505. The zero-order valence-corrected chi connectivity index (χ0v) is 9.05. The van der Waals surface area contributed by atoms with Gasteiger partial charge in [0.2, 0.25) is 0 Å². The molecule has 0 heterocycles. The van der Waals surface area contributed by atoms with Gasteiger partial charge in [-0.1, -0.05) is 6.42 Å². The second kappa shape index (κ2) is 9.59. The molecule has 1 N–H and O–H groups in total. The van der Waals surface area contributed by atoms with Crippen LogP contribution in [0.25, 0.3) is 0 Å². The normalized spacial score (nSPS) is 10.5. The van der Waals surface area contributed by atoms with E-state index < -0.39 is 10.1 Å². The topological polar surface area (TPSA) is 80.7 Å². The van der Waals surface area contributed by atoms with E-state index in [2.05, 4.69) is 4.74 Å². The van der Waals surface area contributed by atoms with E-state index in [1.165, 1.54) is 0 Å². The van der Waals surface area contributed by atoms with Crippen molar-refractivity contribution in [3.05, 3.63) is 0 Å². The number of hydrogen-bond acceptors (Lipinski definition) is 4.